The van der Waals surface area contributed by atoms with Crippen molar-refractivity contribution in [1.29, 1.82) is 0 Å². The fraction of sp³-hybridized carbons (Fsp3) is 0.429. The monoisotopic (exact) mass is 247 g/mol. The maximum absolute atomic E-state index is 11.8. The van der Waals surface area contributed by atoms with Crippen LogP contribution in [0.15, 0.2) is 30.3 Å². The Morgan fingerprint density at radius 2 is 2.06 bits per heavy atom. The number of carbonyl (C=O) groups is 2. The molecule has 0 spiro atoms. The summed E-state index contributed by atoms with van der Waals surface area (Å²) < 4.78 is 0. The second kappa shape index (κ2) is 5.21. The normalized spacial score (nSPS) is 23.4. The second-order valence-electron chi connectivity index (χ2n) is 4.71. The summed E-state index contributed by atoms with van der Waals surface area (Å²) in [5.74, 6) is -1.49. The summed E-state index contributed by atoms with van der Waals surface area (Å²) in [5, 5.41) is 9.03. The first-order chi connectivity index (χ1) is 8.59. The quantitative estimate of drug-likeness (QED) is 0.878. The van der Waals surface area contributed by atoms with Gasteiger partial charge in [0.15, 0.2) is 0 Å². The highest BCUT2D eigenvalue weighted by atomic mass is 16.4. The van der Waals surface area contributed by atoms with E-state index in [1.54, 1.807) is 4.90 Å². The van der Waals surface area contributed by atoms with Crippen molar-refractivity contribution in [2.75, 3.05) is 6.54 Å². The van der Waals surface area contributed by atoms with Crippen molar-refractivity contribution < 1.29 is 14.7 Å². The highest BCUT2D eigenvalue weighted by molar-refractivity contribution is 5.86. The molecule has 0 bridgehead atoms. The number of hydrogen-bond donors (Lipinski definition) is 1. The van der Waals surface area contributed by atoms with Crippen molar-refractivity contribution in [1.82, 2.24) is 4.90 Å². The van der Waals surface area contributed by atoms with Crippen LogP contribution < -0.4 is 0 Å². The Hall–Kier alpha value is -1.84. The first kappa shape index (κ1) is 12.6. The Morgan fingerprint density at radius 1 is 1.39 bits per heavy atom. The minimum absolute atomic E-state index is 0.0502. The zero-order chi connectivity index (χ0) is 13.1. The van der Waals surface area contributed by atoms with Gasteiger partial charge in [-0.25, -0.2) is 0 Å². The molecule has 1 aliphatic heterocycles. The van der Waals surface area contributed by atoms with Gasteiger partial charge in [-0.15, -0.1) is 0 Å². The van der Waals surface area contributed by atoms with E-state index in [9.17, 15) is 9.59 Å². The van der Waals surface area contributed by atoms with Gasteiger partial charge in [-0.3, -0.25) is 9.59 Å². The number of carboxylic acid groups (broad SMARTS) is 1. The molecule has 0 aromatic heterocycles. The van der Waals surface area contributed by atoms with Crippen molar-refractivity contribution in [3.05, 3.63) is 35.9 Å². The van der Waals surface area contributed by atoms with Gasteiger partial charge in [0.05, 0.1) is 5.92 Å². The number of nitrogens with zero attached hydrogens (tertiary/aromatic N) is 1. The lowest BCUT2D eigenvalue weighted by Crippen LogP contribution is -2.36. The lowest BCUT2D eigenvalue weighted by Gasteiger charge is -2.23. The van der Waals surface area contributed by atoms with Gasteiger partial charge in [0.2, 0.25) is 5.91 Å². The topological polar surface area (TPSA) is 57.6 Å². The van der Waals surface area contributed by atoms with Crippen LogP contribution in [-0.2, 0) is 16.0 Å². The molecular formula is C14H17NO3. The Bertz CT molecular complexity index is 444. The van der Waals surface area contributed by atoms with Crippen molar-refractivity contribution >= 4 is 11.9 Å². The van der Waals surface area contributed by atoms with Crippen LogP contribution >= 0.6 is 0 Å². The Labute approximate surface area is 106 Å². The van der Waals surface area contributed by atoms with Gasteiger partial charge in [0.25, 0.3) is 0 Å². The summed E-state index contributed by atoms with van der Waals surface area (Å²) >= 11 is 0. The standard InChI is InChI=1S/C14H17NO3/c1-10-12(14(17)18)9-13(16)15(10)8-7-11-5-3-2-4-6-11/h2-6,10,12H,7-9H2,1H3,(H,17,18)/t10-,12-/m0/s1. The van der Waals surface area contributed by atoms with Crippen LogP contribution in [0, 0.1) is 5.92 Å². The fourth-order valence-electron chi connectivity index (χ4n) is 2.44. The number of hydrogen-bond acceptors (Lipinski definition) is 2. The maximum Gasteiger partial charge on any atom is 0.309 e. The van der Waals surface area contributed by atoms with Crippen LogP contribution in [0.4, 0.5) is 0 Å². The lowest BCUT2D eigenvalue weighted by atomic mass is 10.0. The van der Waals surface area contributed by atoms with E-state index in [2.05, 4.69) is 0 Å². The Balaban J connectivity index is 1.97. The van der Waals surface area contributed by atoms with E-state index >= 15 is 0 Å². The van der Waals surface area contributed by atoms with Crippen molar-refractivity contribution in [3.63, 3.8) is 0 Å². The third-order valence-electron chi connectivity index (χ3n) is 3.59. The summed E-state index contributed by atoms with van der Waals surface area (Å²) in [4.78, 5) is 24.5. The molecule has 1 aromatic rings. The van der Waals surface area contributed by atoms with Gasteiger partial charge in [-0.05, 0) is 18.9 Å². The molecule has 0 radical (unpaired) electrons. The largest absolute Gasteiger partial charge is 0.481 e. The van der Waals surface area contributed by atoms with Gasteiger partial charge in [-0.1, -0.05) is 30.3 Å². The molecular weight excluding hydrogens is 230 g/mol. The number of benzene rings is 1. The fourth-order valence-corrected chi connectivity index (χ4v) is 2.44. The molecule has 96 valence electrons. The molecule has 0 aliphatic carbocycles. The molecule has 1 heterocycles. The number of rotatable bonds is 4. The van der Waals surface area contributed by atoms with E-state index < -0.39 is 11.9 Å². The van der Waals surface area contributed by atoms with Crippen LogP contribution in [-0.4, -0.2) is 34.5 Å². The Kier molecular flexibility index (Phi) is 3.65. The van der Waals surface area contributed by atoms with Gasteiger partial charge in [0.1, 0.15) is 0 Å². The second-order valence-corrected chi connectivity index (χ2v) is 4.71. The molecule has 2 rings (SSSR count). The molecule has 0 saturated carbocycles. The van der Waals surface area contributed by atoms with E-state index in [4.69, 9.17) is 5.11 Å². The SMILES string of the molecule is C[C@H]1[C@@H](C(=O)O)CC(=O)N1CCc1ccccc1. The molecule has 1 N–H and O–H groups in total. The minimum atomic E-state index is -0.877. The van der Waals surface area contributed by atoms with Crippen LogP contribution in [0.2, 0.25) is 0 Å². The van der Waals surface area contributed by atoms with Gasteiger partial charge >= 0.3 is 5.97 Å². The first-order valence-corrected chi connectivity index (χ1v) is 6.16. The molecule has 1 aliphatic rings. The van der Waals surface area contributed by atoms with Crippen molar-refractivity contribution in [3.8, 4) is 0 Å². The average molecular weight is 247 g/mol. The highest BCUT2D eigenvalue weighted by Gasteiger charge is 2.40. The number of aliphatic carboxylic acids is 1. The third-order valence-corrected chi connectivity index (χ3v) is 3.59. The number of carbonyl (C=O) groups excluding carboxylic acids is 1. The summed E-state index contributed by atoms with van der Waals surface area (Å²) in [5.41, 5.74) is 1.16. The lowest BCUT2D eigenvalue weighted by molar-refractivity contribution is -0.142. The smallest absolute Gasteiger partial charge is 0.309 e. The van der Waals surface area contributed by atoms with Gasteiger partial charge in [-0.2, -0.15) is 0 Å². The summed E-state index contributed by atoms with van der Waals surface area (Å²) in [6, 6.07) is 9.70. The molecule has 1 aromatic carbocycles. The average Bonchev–Trinajstić information content (AvgIpc) is 2.64. The predicted octanol–water partition coefficient (Wildman–Crippen LogP) is 1.55. The van der Waals surface area contributed by atoms with Crippen molar-refractivity contribution in [2.45, 2.75) is 25.8 Å². The molecule has 2 atom stereocenters. The van der Waals surface area contributed by atoms with Crippen LogP contribution in [0.3, 0.4) is 0 Å². The minimum Gasteiger partial charge on any atom is -0.481 e. The summed E-state index contributed by atoms with van der Waals surface area (Å²) in [6.45, 7) is 2.41. The predicted molar refractivity (Wildman–Crippen MR) is 67.1 cm³/mol. The summed E-state index contributed by atoms with van der Waals surface area (Å²) in [6.07, 6.45) is 0.897. The molecule has 4 nitrogen and oxygen atoms in total. The first-order valence-electron chi connectivity index (χ1n) is 6.16. The zero-order valence-electron chi connectivity index (χ0n) is 10.4. The zero-order valence-corrected chi connectivity index (χ0v) is 10.4. The Morgan fingerprint density at radius 3 is 2.61 bits per heavy atom. The molecule has 0 unspecified atom stereocenters. The summed E-state index contributed by atoms with van der Waals surface area (Å²) in [7, 11) is 0. The molecule has 18 heavy (non-hydrogen) atoms. The highest BCUT2D eigenvalue weighted by Crippen LogP contribution is 2.25. The van der Waals surface area contributed by atoms with Crippen LogP contribution in [0.1, 0.15) is 18.9 Å². The van der Waals surface area contributed by atoms with Crippen LogP contribution in [0.25, 0.3) is 0 Å². The molecule has 4 heteroatoms. The van der Waals surface area contributed by atoms with Gasteiger partial charge in [0, 0.05) is 19.0 Å². The van der Waals surface area contributed by atoms with Crippen molar-refractivity contribution in [2.24, 2.45) is 5.92 Å². The number of amides is 1. The maximum atomic E-state index is 11.8. The van der Waals surface area contributed by atoms with E-state index in [1.165, 1.54) is 0 Å². The molecule has 1 fully saturated rings. The third kappa shape index (κ3) is 2.53. The number of carboxylic acids is 1. The molecule has 1 saturated heterocycles. The van der Waals surface area contributed by atoms with E-state index in [0.29, 0.717) is 6.54 Å². The van der Waals surface area contributed by atoms with E-state index in [0.717, 1.165) is 12.0 Å². The van der Waals surface area contributed by atoms with Gasteiger partial charge < -0.3 is 10.0 Å². The van der Waals surface area contributed by atoms with E-state index in [1.807, 2.05) is 37.3 Å². The van der Waals surface area contributed by atoms with E-state index in [-0.39, 0.29) is 18.4 Å². The van der Waals surface area contributed by atoms with Crippen LogP contribution in [0.5, 0.6) is 0 Å². The molecule has 1 amide bonds. The number of likely N-dealkylation sites (tertiary alicyclic amines) is 1.